The van der Waals surface area contributed by atoms with Crippen LogP contribution in [-0.2, 0) is 4.79 Å². The van der Waals surface area contributed by atoms with Gasteiger partial charge in [-0.15, -0.1) is 0 Å². The zero-order valence-electron chi connectivity index (χ0n) is 11.2. The van der Waals surface area contributed by atoms with Crippen molar-refractivity contribution in [3.8, 4) is 0 Å². The molecule has 0 heterocycles. The minimum atomic E-state index is -0.516. The molecule has 0 aromatic heterocycles. The molecule has 0 saturated heterocycles. The summed E-state index contributed by atoms with van der Waals surface area (Å²) < 4.78 is 0. The van der Waals surface area contributed by atoms with Crippen LogP contribution >= 0.6 is 11.6 Å². The molecule has 0 aliphatic heterocycles. The molecule has 0 bridgehead atoms. The monoisotopic (exact) mass is 283 g/mol. The normalized spacial score (nSPS) is 13.5. The smallest absolute Gasteiger partial charge is 0.321 e. The average Bonchev–Trinajstić information content (AvgIpc) is 2.38. The maximum atomic E-state index is 11.7. The number of halogens is 1. The molecule has 0 aliphatic carbocycles. The lowest BCUT2D eigenvalue weighted by atomic mass is 10.1. The van der Waals surface area contributed by atoms with Crippen LogP contribution in [0.15, 0.2) is 24.3 Å². The molecule has 5 nitrogen and oxygen atoms in total. The standard InChI is InChI=1S/C13H18ClN3O2/c1-8(10-4-6-11(14)7-5-10)16-9(2)12(18)17-13(19)15-3/h4-9,16H,1-3H3,(H2,15,17,18,19)/t8-,9?/m1/s1. The molecule has 0 saturated carbocycles. The lowest BCUT2D eigenvalue weighted by Crippen LogP contribution is -2.47. The second-order valence-corrected chi connectivity index (χ2v) is 4.67. The van der Waals surface area contributed by atoms with E-state index in [0.29, 0.717) is 5.02 Å². The van der Waals surface area contributed by atoms with Crippen LogP contribution in [0.3, 0.4) is 0 Å². The van der Waals surface area contributed by atoms with Gasteiger partial charge in [-0.05, 0) is 31.5 Å². The second-order valence-electron chi connectivity index (χ2n) is 4.23. The number of benzene rings is 1. The number of carbonyl (C=O) groups excluding carboxylic acids is 2. The quantitative estimate of drug-likeness (QED) is 0.790. The van der Waals surface area contributed by atoms with Crippen molar-refractivity contribution in [1.29, 1.82) is 0 Å². The van der Waals surface area contributed by atoms with Crippen molar-refractivity contribution >= 4 is 23.5 Å². The van der Waals surface area contributed by atoms with Crippen molar-refractivity contribution in [2.75, 3.05) is 7.05 Å². The third-order valence-electron chi connectivity index (χ3n) is 2.73. The minimum absolute atomic E-state index is 0.0253. The molecule has 3 N–H and O–H groups in total. The predicted octanol–water partition coefficient (Wildman–Crippen LogP) is 1.83. The first-order valence-electron chi connectivity index (χ1n) is 5.98. The summed E-state index contributed by atoms with van der Waals surface area (Å²) in [6.07, 6.45) is 0. The molecular formula is C13H18ClN3O2. The zero-order chi connectivity index (χ0) is 14.4. The Labute approximate surface area is 117 Å². The van der Waals surface area contributed by atoms with Crippen molar-refractivity contribution in [3.63, 3.8) is 0 Å². The Balaban J connectivity index is 2.56. The molecule has 6 heteroatoms. The van der Waals surface area contributed by atoms with Crippen LogP contribution in [0.4, 0.5) is 4.79 Å². The molecule has 19 heavy (non-hydrogen) atoms. The first kappa shape index (κ1) is 15.5. The number of hydrogen-bond acceptors (Lipinski definition) is 3. The number of amides is 3. The van der Waals surface area contributed by atoms with E-state index in [9.17, 15) is 9.59 Å². The first-order valence-corrected chi connectivity index (χ1v) is 6.36. The first-order chi connectivity index (χ1) is 8.93. The number of nitrogens with one attached hydrogen (secondary N) is 3. The molecule has 104 valence electrons. The number of rotatable bonds is 4. The van der Waals surface area contributed by atoms with E-state index in [1.165, 1.54) is 7.05 Å². The summed E-state index contributed by atoms with van der Waals surface area (Å²) in [6.45, 7) is 3.64. The van der Waals surface area contributed by atoms with Gasteiger partial charge in [-0.2, -0.15) is 0 Å². The van der Waals surface area contributed by atoms with Crippen LogP contribution in [0.2, 0.25) is 5.02 Å². The Morgan fingerprint density at radius 3 is 2.26 bits per heavy atom. The van der Waals surface area contributed by atoms with E-state index in [4.69, 9.17) is 11.6 Å². The molecular weight excluding hydrogens is 266 g/mol. The number of hydrogen-bond donors (Lipinski definition) is 3. The lowest BCUT2D eigenvalue weighted by molar-refractivity contribution is -0.121. The van der Waals surface area contributed by atoms with Crippen LogP contribution in [0.25, 0.3) is 0 Å². The van der Waals surface area contributed by atoms with Gasteiger partial charge in [-0.1, -0.05) is 23.7 Å². The number of imide groups is 1. The van der Waals surface area contributed by atoms with Crippen LogP contribution in [0.1, 0.15) is 25.5 Å². The van der Waals surface area contributed by atoms with E-state index in [0.717, 1.165) is 5.56 Å². The lowest BCUT2D eigenvalue weighted by Gasteiger charge is -2.19. The fourth-order valence-electron chi connectivity index (χ4n) is 1.58. The van der Waals surface area contributed by atoms with Crippen LogP contribution in [0, 0.1) is 0 Å². The summed E-state index contributed by atoms with van der Waals surface area (Å²) in [5, 5.41) is 8.33. The van der Waals surface area contributed by atoms with Gasteiger partial charge < -0.3 is 5.32 Å². The average molecular weight is 284 g/mol. The largest absolute Gasteiger partial charge is 0.341 e. The maximum Gasteiger partial charge on any atom is 0.321 e. The van der Waals surface area contributed by atoms with Gasteiger partial charge in [0.05, 0.1) is 6.04 Å². The Morgan fingerprint density at radius 2 is 1.74 bits per heavy atom. The molecule has 1 unspecified atom stereocenters. The van der Waals surface area contributed by atoms with E-state index in [2.05, 4.69) is 16.0 Å². The molecule has 2 atom stereocenters. The van der Waals surface area contributed by atoms with Gasteiger partial charge in [0, 0.05) is 18.1 Å². The van der Waals surface area contributed by atoms with Crippen molar-refractivity contribution in [2.24, 2.45) is 0 Å². The number of urea groups is 1. The van der Waals surface area contributed by atoms with Crippen LogP contribution < -0.4 is 16.0 Å². The summed E-state index contributed by atoms with van der Waals surface area (Å²) in [5.74, 6) is -0.375. The zero-order valence-corrected chi connectivity index (χ0v) is 11.9. The molecule has 1 rings (SSSR count). The fourth-order valence-corrected chi connectivity index (χ4v) is 1.71. The van der Waals surface area contributed by atoms with Crippen LogP contribution in [-0.4, -0.2) is 25.0 Å². The van der Waals surface area contributed by atoms with Gasteiger partial charge in [-0.25, -0.2) is 4.79 Å². The van der Waals surface area contributed by atoms with Crippen molar-refractivity contribution in [1.82, 2.24) is 16.0 Å². The minimum Gasteiger partial charge on any atom is -0.341 e. The van der Waals surface area contributed by atoms with Gasteiger partial charge in [0.2, 0.25) is 5.91 Å². The van der Waals surface area contributed by atoms with Gasteiger partial charge in [0.15, 0.2) is 0 Å². The highest BCUT2D eigenvalue weighted by atomic mass is 35.5. The summed E-state index contributed by atoms with van der Waals surface area (Å²) in [4.78, 5) is 22.7. The van der Waals surface area contributed by atoms with Crippen molar-refractivity contribution in [3.05, 3.63) is 34.9 Å². The van der Waals surface area contributed by atoms with Crippen molar-refractivity contribution < 1.29 is 9.59 Å². The summed E-state index contributed by atoms with van der Waals surface area (Å²) in [6, 6.07) is 6.35. The van der Waals surface area contributed by atoms with Gasteiger partial charge in [-0.3, -0.25) is 15.4 Å². The molecule has 1 aromatic rings. The van der Waals surface area contributed by atoms with Gasteiger partial charge >= 0.3 is 6.03 Å². The maximum absolute atomic E-state index is 11.7. The van der Waals surface area contributed by atoms with E-state index in [-0.39, 0.29) is 11.9 Å². The Bertz CT molecular complexity index is 448. The van der Waals surface area contributed by atoms with E-state index in [1.54, 1.807) is 19.1 Å². The van der Waals surface area contributed by atoms with E-state index in [1.807, 2.05) is 19.1 Å². The SMILES string of the molecule is CNC(=O)NC(=O)C(C)N[C@H](C)c1ccc(Cl)cc1. The topological polar surface area (TPSA) is 70.2 Å². The van der Waals surface area contributed by atoms with Gasteiger partial charge in [0.1, 0.15) is 0 Å². The molecule has 3 amide bonds. The third kappa shape index (κ3) is 4.89. The van der Waals surface area contributed by atoms with E-state index >= 15 is 0 Å². The Morgan fingerprint density at radius 1 is 1.16 bits per heavy atom. The highest BCUT2D eigenvalue weighted by Crippen LogP contribution is 2.16. The summed E-state index contributed by atoms with van der Waals surface area (Å²) >= 11 is 5.82. The molecule has 0 radical (unpaired) electrons. The summed E-state index contributed by atoms with van der Waals surface area (Å²) in [7, 11) is 1.46. The highest BCUT2D eigenvalue weighted by molar-refractivity contribution is 6.30. The number of carbonyl (C=O) groups is 2. The predicted molar refractivity (Wildman–Crippen MR) is 75.1 cm³/mol. The molecule has 0 spiro atoms. The summed E-state index contributed by atoms with van der Waals surface area (Å²) in [5.41, 5.74) is 1.02. The third-order valence-corrected chi connectivity index (χ3v) is 2.98. The molecule has 0 fully saturated rings. The highest BCUT2D eigenvalue weighted by Gasteiger charge is 2.17. The van der Waals surface area contributed by atoms with Crippen molar-refractivity contribution in [2.45, 2.75) is 25.9 Å². The Hall–Kier alpha value is -1.59. The fraction of sp³-hybridized carbons (Fsp3) is 0.385. The Kier molecular flexibility index (Phi) is 5.79. The van der Waals surface area contributed by atoms with Gasteiger partial charge in [0.25, 0.3) is 0 Å². The molecule has 1 aromatic carbocycles. The van der Waals surface area contributed by atoms with Crippen LogP contribution in [0.5, 0.6) is 0 Å². The second kappa shape index (κ2) is 7.11. The van der Waals surface area contributed by atoms with E-state index < -0.39 is 12.1 Å². The molecule has 0 aliphatic rings.